The minimum absolute atomic E-state index is 0.164. The van der Waals surface area contributed by atoms with Crippen molar-refractivity contribution in [2.45, 2.75) is 40.0 Å². The number of aromatic nitrogens is 1. The molecule has 2 aromatic rings. The van der Waals surface area contributed by atoms with Crippen molar-refractivity contribution < 1.29 is 9.53 Å². The van der Waals surface area contributed by atoms with Crippen LogP contribution in [0.25, 0.3) is 0 Å². The number of benzene rings is 1. The van der Waals surface area contributed by atoms with Crippen LogP contribution in [0.3, 0.4) is 0 Å². The van der Waals surface area contributed by atoms with Crippen molar-refractivity contribution in [2.24, 2.45) is 0 Å². The number of nitrogens with one attached hydrogen (secondary N) is 1. The van der Waals surface area contributed by atoms with E-state index in [0.29, 0.717) is 21.3 Å². The van der Waals surface area contributed by atoms with Crippen LogP contribution in [0.4, 0.5) is 5.69 Å². The lowest BCUT2D eigenvalue weighted by Gasteiger charge is -2.11. The summed E-state index contributed by atoms with van der Waals surface area (Å²) < 4.78 is 5.30. The van der Waals surface area contributed by atoms with Gasteiger partial charge in [0.05, 0.1) is 23.5 Å². The molecule has 1 aromatic heterocycles. The monoisotopic (exact) mass is 352 g/mol. The van der Waals surface area contributed by atoms with E-state index in [1.807, 2.05) is 19.9 Å². The number of aryl methyl sites for hydroxylation is 3. The van der Waals surface area contributed by atoms with E-state index in [1.54, 1.807) is 13.2 Å². The lowest BCUT2D eigenvalue weighted by molar-refractivity contribution is 0.102. The van der Waals surface area contributed by atoms with Gasteiger partial charge in [-0.25, -0.2) is 4.98 Å². The van der Waals surface area contributed by atoms with E-state index in [0.717, 1.165) is 35.5 Å². The number of hydrogen-bond acceptors (Lipinski definition) is 4. The SMILES string of the molecule is CCCCc1nc(C)c(C(=O)Nc2cc(C)c(Cl)cc2OC)s1. The van der Waals surface area contributed by atoms with Gasteiger partial charge >= 0.3 is 0 Å². The van der Waals surface area contributed by atoms with Crippen LogP contribution < -0.4 is 10.1 Å². The second-order valence-corrected chi connectivity index (χ2v) is 6.87. The molecule has 0 spiro atoms. The molecule has 23 heavy (non-hydrogen) atoms. The van der Waals surface area contributed by atoms with Gasteiger partial charge in [0.2, 0.25) is 0 Å². The standard InChI is InChI=1S/C17H21ClN2O2S/c1-5-6-7-15-19-11(3)16(23-15)17(21)20-13-8-10(2)12(18)9-14(13)22-4/h8-9H,5-7H2,1-4H3,(H,20,21). The summed E-state index contributed by atoms with van der Waals surface area (Å²) in [6, 6.07) is 3.52. The van der Waals surface area contributed by atoms with Gasteiger partial charge in [0, 0.05) is 11.1 Å². The number of rotatable bonds is 6. The number of thiazole rings is 1. The van der Waals surface area contributed by atoms with Crippen LogP contribution in [0.15, 0.2) is 12.1 Å². The predicted octanol–water partition coefficient (Wildman–Crippen LogP) is 5.02. The zero-order valence-electron chi connectivity index (χ0n) is 13.8. The number of hydrogen-bond donors (Lipinski definition) is 1. The second kappa shape index (κ2) is 7.79. The third-order valence-electron chi connectivity index (χ3n) is 3.52. The van der Waals surface area contributed by atoms with Crippen molar-refractivity contribution in [1.29, 1.82) is 0 Å². The molecule has 1 N–H and O–H groups in total. The Morgan fingerprint density at radius 1 is 1.39 bits per heavy atom. The Balaban J connectivity index is 2.22. The highest BCUT2D eigenvalue weighted by Crippen LogP contribution is 2.32. The Kier molecular flexibility index (Phi) is 6.02. The average Bonchev–Trinajstić information content (AvgIpc) is 2.89. The van der Waals surface area contributed by atoms with E-state index in [9.17, 15) is 4.79 Å². The van der Waals surface area contributed by atoms with Crippen molar-refractivity contribution >= 4 is 34.5 Å². The van der Waals surface area contributed by atoms with Crippen LogP contribution in [0.5, 0.6) is 5.75 Å². The highest BCUT2D eigenvalue weighted by atomic mass is 35.5. The molecule has 2 rings (SSSR count). The van der Waals surface area contributed by atoms with Crippen molar-refractivity contribution in [3.63, 3.8) is 0 Å². The number of ether oxygens (including phenoxy) is 1. The van der Waals surface area contributed by atoms with E-state index >= 15 is 0 Å². The number of anilines is 1. The number of methoxy groups -OCH3 is 1. The van der Waals surface area contributed by atoms with Gasteiger partial charge < -0.3 is 10.1 Å². The fraction of sp³-hybridized carbons (Fsp3) is 0.412. The van der Waals surface area contributed by atoms with Crippen LogP contribution >= 0.6 is 22.9 Å². The molecule has 0 unspecified atom stereocenters. The highest BCUT2D eigenvalue weighted by Gasteiger charge is 2.17. The first-order chi connectivity index (χ1) is 11.0. The lowest BCUT2D eigenvalue weighted by Crippen LogP contribution is -2.12. The molecule has 1 amide bonds. The van der Waals surface area contributed by atoms with Crippen LogP contribution in [-0.2, 0) is 6.42 Å². The summed E-state index contributed by atoms with van der Waals surface area (Å²) in [6.45, 7) is 5.90. The molecule has 124 valence electrons. The number of unbranched alkanes of at least 4 members (excludes halogenated alkanes) is 1. The van der Waals surface area contributed by atoms with Crippen LogP contribution in [0.2, 0.25) is 5.02 Å². The molecule has 1 aromatic carbocycles. The van der Waals surface area contributed by atoms with Crippen LogP contribution in [-0.4, -0.2) is 18.0 Å². The molecule has 6 heteroatoms. The van der Waals surface area contributed by atoms with Gasteiger partial charge in [0.15, 0.2) is 0 Å². The first kappa shape index (κ1) is 17.8. The first-order valence-electron chi connectivity index (χ1n) is 7.58. The van der Waals surface area contributed by atoms with Gasteiger partial charge in [-0.2, -0.15) is 0 Å². The van der Waals surface area contributed by atoms with Gasteiger partial charge in [-0.1, -0.05) is 24.9 Å². The molecule has 0 fully saturated rings. The summed E-state index contributed by atoms with van der Waals surface area (Å²) in [5.74, 6) is 0.380. The number of carbonyl (C=O) groups excluding carboxylic acids is 1. The zero-order valence-corrected chi connectivity index (χ0v) is 15.4. The summed E-state index contributed by atoms with van der Waals surface area (Å²) in [5.41, 5.74) is 2.26. The molecule has 1 heterocycles. The van der Waals surface area contributed by atoms with Gasteiger partial charge in [0.1, 0.15) is 10.6 Å². The smallest absolute Gasteiger partial charge is 0.267 e. The summed E-state index contributed by atoms with van der Waals surface area (Å²) in [7, 11) is 1.55. The third-order valence-corrected chi connectivity index (χ3v) is 5.14. The molecule has 0 aliphatic rings. The minimum atomic E-state index is -0.164. The topological polar surface area (TPSA) is 51.2 Å². The average molecular weight is 353 g/mol. The number of halogens is 1. The Morgan fingerprint density at radius 2 is 2.13 bits per heavy atom. The maximum Gasteiger partial charge on any atom is 0.267 e. The molecule has 0 aliphatic carbocycles. The van der Waals surface area contributed by atoms with E-state index < -0.39 is 0 Å². The molecule has 0 aliphatic heterocycles. The molecular formula is C17H21ClN2O2S. The normalized spacial score (nSPS) is 10.7. The molecule has 0 bridgehead atoms. The zero-order chi connectivity index (χ0) is 17.0. The second-order valence-electron chi connectivity index (χ2n) is 5.38. The maximum atomic E-state index is 12.6. The fourth-order valence-corrected chi connectivity index (χ4v) is 3.36. The minimum Gasteiger partial charge on any atom is -0.495 e. The summed E-state index contributed by atoms with van der Waals surface area (Å²) in [5, 5.41) is 4.52. The number of nitrogens with zero attached hydrogens (tertiary/aromatic N) is 1. The van der Waals surface area contributed by atoms with Crippen LogP contribution in [0, 0.1) is 13.8 Å². The van der Waals surface area contributed by atoms with E-state index in [1.165, 1.54) is 11.3 Å². The van der Waals surface area contributed by atoms with Gasteiger partial charge in [0.25, 0.3) is 5.91 Å². The Hall–Kier alpha value is -1.59. The first-order valence-corrected chi connectivity index (χ1v) is 8.77. The maximum absolute atomic E-state index is 12.6. The summed E-state index contributed by atoms with van der Waals surface area (Å²) in [4.78, 5) is 17.7. The highest BCUT2D eigenvalue weighted by molar-refractivity contribution is 7.13. The largest absolute Gasteiger partial charge is 0.495 e. The lowest BCUT2D eigenvalue weighted by atomic mass is 10.2. The van der Waals surface area contributed by atoms with Gasteiger partial charge in [-0.05, 0) is 38.3 Å². The van der Waals surface area contributed by atoms with E-state index in [4.69, 9.17) is 16.3 Å². The van der Waals surface area contributed by atoms with E-state index in [-0.39, 0.29) is 5.91 Å². The van der Waals surface area contributed by atoms with Crippen LogP contribution in [0.1, 0.15) is 45.7 Å². The van der Waals surface area contributed by atoms with E-state index in [2.05, 4.69) is 17.2 Å². The molecule has 0 saturated carbocycles. The Morgan fingerprint density at radius 3 is 2.78 bits per heavy atom. The molecule has 0 radical (unpaired) electrons. The Labute approximate surface area is 145 Å². The van der Waals surface area contributed by atoms with Gasteiger partial charge in [-0.15, -0.1) is 11.3 Å². The van der Waals surface area contributed by atoms with Gasteiger partial charge in [-0.3, -0.25) is 4.79 Å². The molecule has 0 saturated heterocycles. The number of carbonyl (C=O) groups is 1. The molecule has 0 atom stereocenters. The summed E-state index contributed by atoms with van der Waals surface area (Å²) in [6.07, 6.45) is 3.11. The fourth-order valence-electron chi connectivity index (χ4n) is 2.21. The van der Waals surface area contributed by atoms with Crippen molar-refractivity contribution in [3.05, 3.63) is 38.3 Å². The quantitative estimate of drug-likeness (QED) is 0.794. The molecular weight excluding hydrogens is 332 g/mol. The Bertz CT molecular complexity index is 713. The van der Waals surface area contributed by atoms with Crippen molar-refractivity contribution in [3.8, 4) is 5.75 Å². The summed E-state index contributed by atoms with van der Waals surface area (Å²) >= 11 is 7.55. The molecule has 4 nitrogen and oxygen atoms in total. The number of amides is 1. The van der Waals surface area contributed by atoms with Crippen molar-refractivity contribution in [2.75, 3.05) is 12.4 Å². The van der Waals surface area contributed by atoms with Crippen molar-refractivity contribution in [1.82, 2.24) is 4.98 Å². The third kappa shape index (κ3) is 4.24. The predicted molar refractivity (Wildman–Crippen MR) is 96.2 cm³/mol.